The summed E-state index contributed by atoms with van der Waals surface area (Å²) >= 11 is 3.39. The first-order chi connectivity index (χ1) is 10.1. The van der Waals surface area contributed by atoms with Crippen molar-refractivity contribution in [2.24, 2.45) is 0 Å². The Balaban J connectivity index is 1.78. The summed E-state index contributed by atoms with van der Waals surface area (Å²) in [5, 5.41) is 6.29. The fourth-order valence-electron chi connectivity index (χ4n) is 2.89. The number of amides is 1. The van der Waals surface area contributed by atoms with Gasteiger partial charge in [-0.2, -0.15) is 0 Å². The Morgan fingerprint density at radius 2 is 1.86 bits per heavy atom. The number of halogens is 1. The third-order valence-corrected chi connectivity index (χ3v) is 4.78. The molecule has 0 bridgehead atoms. The average molecular weight is 354 g/mol. The molecule has 4 nitrogen and oxygen atoms in total. The lowest BCUT2D eigenvalue weighted by Crippen LogP contribution is -2.42. The SMILES string of the molecule is CNC1CCC(N(C)CC(=O)Nc2ccc(Br)cc2)CC1. The summed E-state index contributed by atoms with van der Waals surface area (Å²) in [6.45, 7) is 0.449. The third-order valence-electron chi connectivity index (χ3n) is 4.25. The van der Waals surface area contributed by atoms with Gasteiger partial charge in [-0.15, -0.1) is 0 Å². The number of carbonyl (C=O) groups excluding carboxylic acids is 1. The maximum absolute atomic E-state index is 12.1. The Morgan fingerprint density at radius 1 is 1.24 bits per heavy atom. The summed E-state index contributed by atoms with van der Waals surface area (Å²) in [7, 11) is 4.08. The minimum absolute atomic E-state index is 0.0514. The molecule has 0 spiro atoms. The highest BCUT2D eigenvalue weighted by molar-refractivity contribution is 9.10. The second-order valence-electron chi connectivity index (χ2n) is 5.76. The fraction of sp³-hybridized carbons (Fsp3) is 0.562. The van der Waals surface area contributed by atoms with Crippen LogP contribution in [-0.4, -0.2) is 43.5 Å². The van der Waals surface area contributed by atoms with E-state index < -0.39 is 0 Å². The van der Waals surface area contributed by atoms with E-state index in [0.29, 0.717) is 18.6 Å². The van der Waals surface area contributed by atoms with Crippen LogP contribution >= 0.6 is 15.9 Å². The minimum atomic E-state index is 0.0514. The molecule has 1 amide bonds. The van der Waals surface area contributed by atoms with E-state index in [0.717, 1.165) is 23.0 Å². The van der Waals surface area contributed by atoms with E-state index in [1.54, 1.807) is 0 Å². The fourth-order valence-corrected chi connectivity index (χ4v) is 3.16. The van der Waals surface area contributed by atoms with Crippen molar-refractivity contribution < 1.29 is 4.79 Å². The molecule has 0 unspecified atom stereocenters. The molecule has 0 saturated heterocycles. The van der Waals surface area contributed by atoms with E-state index >= 15 is 0 Å². The van der Waals surface area contributed by atoms with E-state index in [-0.39, 0.29) is 5.91 Å². The summed E-state index contributed by atoms with van der Waals surface area (Å²) in [4.78, 5) is 14.3. The highest BCUT2D eigenvalue weighted by Crippen LogP contribution is 2.22. The van der Waals surface area contributed by atoms with Gasteiger partial charge in [0.2, 0.25) is 5.91 Å². The number of nitrogens with zero attached hydrogens (tertiary/aromatic N) is 1. The van der Waals surface area contributed by atoms with Gasteiger partial charge in [-0.3, -0.25) is 9.69 Å². The second-order valence-corrected chi connectivity index (χ2v) is 6.68. The lowest BCUT2D eigenvalue weighted by Gasteiger charge is -2.34. The first-order valence-corrected chi connectivity index (χ1v) is 8.30. The van der Waals surface area contributed by atoms with E-state index in [4.69, 9.17) is 0 Å². The number of carbonyl (C=O) groups is 1. The monoisotopic (exact) mass is 353 g/mol. The Morgan fingerprint density at radius 3 is 2.43 bits per heavy atom. The van der Waals surface area contributed by atoms with Crippen molar-refractivity contribution in [1.82, 2.24) is 10.2 Å². The lowest BCUT2D eigenvalue weighted by atomic mass is 9.90. The Hall–Kier alpha value is -0.910. The molecule has 2 rings (SSSR count). The molecule has 0 radical (unpaired) electrons. The highest BCUT2D eigenvalue weighted by atomic mass is 79.9. The van der Waals surface area contributed by atoms with Gasteiger partial charge >= 0.3 is 0 Å². The minimum Gasteiger partial charge on any atom is -0.325 e. The number of anilines is 1. The molecule has 1 aromatic rings. The molecular weight excluding hydrogens is 330 g/mol. The van der Waals surface area contributed by atoms with Crippen LogP contribution in [0.4, 0.5) is 5.69 Å². The maximum Gasteiger partial charge on any atom is 0.238 e. The Bertz CT molecular complexity index is 455. The molecule has 2 N–H and O–H groups in total. The van der Waals surface area contributed by atoms with Crippen LogP contribution in [0.25, 0.3) is 0 Å². The van der Waals surface area contributed by atoms with Gasteiger partial charge in [0.1, 0.15) is 0 Å². The van der Waals surface area contributed by atoms with Crippen molar-refractivity contribution in [1.29, 1.82) is 0 Å². The molecule has 0 heterocycles. The summed E-state index contributed by atoms with van der Waals surface area (Å²) in [5.41, 5.74) is 0.843. The van der Waals surface area contributed by atoms with Crippen molar-refractivity contribution >= 4 is 27.5 Å². The largest absolute Gasteiger partial charge is 0.325 e. The van der Waals surface area contributed by atoms with Crippen LogP contribution in [0.15, 0.2) is 28.7 Å². The van der Waals surface area contributed by atoms with E-state index in [1.807, 2.05) is 38.4 Å². The van der Waals surface area contributed by atoms with Crippen LogP contribution in [0.1, 0.15) is 25.7 Å². The number of hydrogen-bond donors (Lipinski definition) is 2. The average Bonchev–Trinajstić information content (AvgIpc) is 2.49. The molecule has 1 aliphatic rings. The quantitative estimate of drug-likeness (QED) is 0.855. The molecule has 0 atom stereocenters. The molecule has 0 aromatic heterocycles. The van der Waals surface area contributed by atoms with Gasteiger partial charge in [-0.05, 0) is 64.0 Å². The van der Waals surface area contributed by atoms with Gasteiger partial charge in [0.25, 0.3) is 0 Å². The van der Waals surface area contributed by atoms with Gasteiger partial charge in [0, 0.05) is 22.2 Å². The van der Waals surface area contributed by atoms with Crippen molar-refractivity contribution in [3.8, 4) is 0 Å². The van der Waals surface area contributed by atoms with Crippen molar-refractivity contribution in [2.45, 2.75) is 37.8 Å². The van der Waals surface area contributed by atoms with Crippen molar-refractivity contribution in [3.63, 3.8) is 0 Å². The van der Waals surface area contributed by atoms with Crippen LogP contribution in [0.5, 0.6) is 0 Å². The van der Waals surface area contributed by atoms with Crippen LogP contribution in [0.3, 0.4) is 0 Å². The normalized spacial score (nSPS) is 22.3. The molecule has 1 aliphatic carbocycles. The number of nitrogens with one attached hydrogen (secondary N) is 2. The van der Waals surface area contributed by atoms with Crippen LogP contribution in [-0.2, 0) is 4.79 Å². The molecule has 0 aliphatic heterocycles. The second kappa shape index (κ2) is 7.92. The van der Waals surface area contributed by atoms with Gasteiger partial charge in [-0.1, -0.05) is 15.9 Å². The molecule has 1 fully saturated rings. The zero-order valence-electron chi connectivity index (χ0n) is 12.7. The van der Waals surface area contributed by atoms with Crippen molar-refractivity contribution in [2.75, 3.05) is 26.0 Å². The summed E-state index contributed by atoms with van der Waals surface area (Å²) in [5.74, 6) is 0.0514. The molecule has 1 saturated carbocycles. The van der Waals surface area contributed by atoms with Gasteiger partial charge in [-0.25, -0.2) is 0 Å². The molecule has 116 valence electrons. The number of hydrogen-bond acceptors (Lipinski definition) is 3. The molecule has 21 heavy (non-hydrogen) atoms. The summed E-state index contributed by atoms with van der Waals surface area (Å²) in [6, 6.07) is 8.83. The zero-order chi connectivity index (χ0) is 15.2. The van der Waals surface area contributed by atoms with Gasteiger partial charge < -0.3 is 10.6 Å². The maximum atomic E-state index is 12.1. The first kappa shape index (κ1) is 16.5. The smallest absolute Gasteiger partial charge is 0.238 e. The predicted octanol–water partition coefficient (Wildman–Crippen LogP) is 2.85. The Labute approximate surface area is 135 Å². The van der Waals surface area contributed by atoms with Crippen LogP contribution in [0.2, 0.25) is 0 Å². The molecule has 5 heteroatoms. The van der Waals surface area contributed by atoms with Crippen LogP contribution in [0, 0.1) is 0 Å². The highest BCUT2D eigenvalue weighted by Gasteiger charge is 2.24. The van der Waals surface area contributed by atoms with Gasteiger partial charge in [0.05, 0.1) is 6.54 Å². The number of rotatable bonds is 5. The standard InChI is InChI=1S/C16H24BrN3O/c1-18-13-7-9-15(10-8-13)20(2)11-16(21)19-14-5-3-12(17)4-6-14/h3-6,13,15,18H,7-11H2,1-2H3,(H,19,21). The van der Waals surface area contributed by atoms with Crippen LogP contribution < -0.4 is 10.6 Å². The van der Waals surface area contributed by atoms with Crippen molar-refractivity contribution in [3.05, 3.63) is 28.7 Å². The van der Waals surface area contributed by atoms with E-state index in [2.05, 4.69) is 31.5 Å². The summed E-state index contributed by atoms with van der Waals surface area (Å²) in [6.07, 6.45) is 4.71. The first-order valence-electron chi connectivity index (χ1n) is 7.51. The van der Waals surface area contributed by atoms with Gasteiger partial charge in [0.15, 0.2) is 0 Å². The Kier molecular flexibility index (Phi) is 6.21. The molecular formula is C16H24BrN3O. The lowest BCUT2D eigenvalue weighted by molar-refractivity contribution is -0.117. The number of likely N-dealkylation sites (N-methyl/N-ethyl adjacent to an activating group) is 1. The summed E-state index contributed by atoms with van der Waals surface area (Å²) < 4.78 is 1.01. The number of benzene rings is 1. The third kappa shape index (κ3) is 5.09. The predicted molar refractivity (Wildman–Crippen MR) is 90.5 cm³/mol. The molecule has 1 aromatic carbocycles. The van der Waals surface area contributed by atoms with E-state index in [1.165, 1.54) is 12.8 Å². The van der Waals surface area contributed by atoms with E-state index in [9.17, 15) is 4.79 Å². The topological polar surface area (TPSA) is 44.4 Å². The zero-order valence-corrected chi connectivity index (χ0v) is 14.3.